The number of esters is 1. The Labute approximate surface area is 79.4 Å². The van der Waals surface area contributed by atoms with E-state index in [2.05, 4.69) is 6.92 Å². The third kappa shape index (κ3) is 3.35. The minimum absolute atomic E-state index is 0.0206. The lowest BCUT2D eigenvalue weighted by atomic mass is 10.00. The van der Waals surface area contributed by atoms with Gasteiger partial charge in [0.15, 0.2) is 0 Å². The average molecular weight is 186 g/mol. The van der Waals surface area contributed by atoms with Crippen molar-refractivity contribution < 1.29 is 14.3 Å². The molecule has 1 heterocycles. The Morgan fingerprint density at radius 2 is 2.38 bits per heavy atom. The molecule has 76 valence electrons. The van der Waals surface area contributed by atoms with E-state index in [1.165, 1.54) is 0 Å². The fraction of sp³-hybridized carbons (Fsp3) is 0.900. The summed E-state index contributed by atoms with van der Waals surface area (Å²) in [7, 11) is 0. The van der Waals surface area contributed by atoms with E-state index in [1.807, 2.05) is 6.92 Å². The van der Waals surface area contributed by atoms with Gasteiger partial charge in [-0.15, -0.1) is 0 Å². The minimum atomic E-state index is -0.0927. The highest BCUT2D eigenvalue weighted by Gasteiger charge is 2.24. The van der Waals surface area contributed by atoms with Gasteiger partial charge in [0, 0.05) is 13.0 Å². The smallest absolute Gasteiger partial charge is 0.306 e. The molecule has 3 heteroatoms. The van der Waals surface area contributed by atoms with Gasteiger partial charge in [-0.1, -0.05) is 13.8 Å². The van der Waals surface area contributed by atoms with E-state index >= 15 is 0 Å². The molecular weight excluding hydrogens is 168 g/mol. The highest BCUT2D eigenvalue weighted by atomic mass is 16.6. The average Bonchev–Trinajstić information content (AvgIpc) is 2.09. The molecule has 0 saturated carbocycles. The van der Waals surface area contributed by atoms with Crippen molar-refractivity contribution in [2.75, 3.05) is 13.2 Å². The summed E-state index contributed by atoms with van der Waals surface area (Å²) in [5.41, 5.74) is 0. The van der Waals surface area contributed by atoms with Gasteiger partial charge < -0.3 is 9.47 Å². The van der Waals surface area contributed by atoms with Gasteiger partial charge in [0.2, 0.25) is 0 Å². The van der Waals surface area contributed by atoms with Crippen LogP contribution in [-0.2, 0) is 14.3 Å². The first-order chi connectivity index (χ1) is 6.24. The minimum Gasteiger partial charge on any atom is -0.460 e. The summed E-state index contributed by atoms with van der Waals surface area (Å²) in [6.45, 7) is 5.44. The van der Waals surface area contributed by atoms with Crippen LogP contribution in [0.1, 0.15) is 33.1 Å². The van der Waals surface area contributed by atoms with Crippen LogP contribution in [0.4, 0.5) is 0 Å². The number of hydrogen-bond acceptors (Lipinski definition) is 3. The first-order valence-corrected chi connectivity index (χ1v) is 5.01. The van der Waals surface area contributed by atoms with Gasteiger partial charge in [-0.3, -0.25) is 4.79 Å². The molecule has 0 radical (unpaired) electrons. The third-order valence-corrected chi connectivity index (χ3v) is 2.37. The Morgan fingerprint density at radius 1 is 1.62 bits per heavy atom. The zero-order chi connectivity index (χ0) is 9.68. The van der Waals surface area contributed by atoms with Crippen molar-refractivity contribution in [2.24, 2.45) is 5.92 Å². The molecule has 1 rings (SSSR count). The quantitative estimate of drug-likeness (QED) is 0.630. The Hall–Kier alpha value is -0.570. The summed E-state index contributed by atoms with van der Waals surface area (Å²) in [4.78, 5) is 11.2. The second-order valence-corrected chi connectivity index (χ2v) is 3.62. The number of carbonyl (C=O) groups excluding carboxylic acids is 1. The second kappa shape index (κ2) is 5.22. The molecule has 0 aliphatic carbocycles. The van der Waals surface area contributed by atoms with Crippen LogP contribution >= 0.6 is 0 Å². The van der Waals surface area contributed by atoms with Crippen LogP contribution in [0, 0.1) is 5.92 Å². The normalized spacial score (nSPS) is 28.5. The molecule has 1 fully saturated rings. The van der Waals surface area contributed by atoms with E-state index < -0.39 is 0 Å². The molecular formula is C10H18O3. The largest absolute Gasteiger partial charge is 0.460 e. The topological polar surface area (TPSA) is 35.5 Å². The van der Waals surface area contributed by atoms with E-state index in [9.17, 15) is 4.79 Å². The summed E-state index contributed by atoms with van der Waals surface area (Å²) in [6, 6.07) is 0. The lowest BCUT2D eigenvalue weighted by molar-refractivity contribution is -0.159. The molecule has 1 saturated heterocycles. The number of rotatable bonds is 3. The van der Waals surface area contributed by atoms with Crippen molar-refractivity contribution in [1.29, 1.82) is 0 Å². The fourth-order valence-electron chi connectivity index (χ4n) is 1.40. The number of carbonyl (C=O) groups is 1. The predicted octanol–water partition coefficient (Wildman–Crippen LogP) is 1.75. The molecule has 1 unspecified atom stereocenters. The predicted molar refractivity (Wildman–Crippen MR) is 49.4 cm³/mol. The van der Waals surface area contributed by atoms with E-state index in [1.54, 1.807) is 0 Å². The van der Waals surface area contributed by atoms with Crippen LogP contribution in [0.15, 0.2) is 0 Å². The summed E-state index contributed by atoms with van der Waals surface area (Å²) in [6.07, 6.45) is 2.33. The molecule has 0 amide bonds. The zero-order valence-corrected chi connectivity index (χ0v) is 8.41. The summed E-state index contributed by atoms with van der Waals surface area (Å²) in [5, 5.41) is 0. The Balaban J connectivity index is 2.29. The third-order valence-electron chi connectivity index (χ3n) is 2.37. The van der Waals surface area contributed by atoms with E-state index in [0.29, 0.717) is 18.9 Å². The monoisotopic (exact) mass is 186 g/mol. The number of ether oxygens (including phenoxy) is 2. The molecule has 0 aromatic heterocycles. The molecule has 13 heavy (non-hydrogen) atoms. The van der Waals surface area contributed by atoms with Crippen LogP contribution < -0.4 is 0 Å². The van der Waals surface area contributed by atoms with Crippen molar-refractivity contribution in [3.8, 4) is 0 Å². The highest BCUT2D eigenvalue weighted by molar-refractivity contribution is 5.69. The van der Waals surface area contributed by atoms with E-state index in [-0.39, 0.29) is 12.1 Å². The van der Waals surface area contributed by atoms with Gasteiger partial charge in [0.05, 0.1) is 6.61 Å². The van der Waals surface area contributed by atoms with Crippen LogP contribution in [0.2, 0.25) is 0 Å². The van der Waals surface area contributed by atoms with Crippen LogP contribution in [0.5, 0.6) is 0 Å². The van der Waals surface area contributed by atoms with Crippen molar-refractivity contribution in [3.63, 3.8) is 0 Å². The summed E-state index contributed by atoms with van der Waals surface area (Å²) < 4.78 is 10.5. The molecule has 0 spiro atoms. The van der Waals surface area contributed by atoms with Gasteiger partial charge >= 0.3 is 5.97 Å². The zero-order valence-electron chi connectivity index (χ0n) is 8.41. The molecule has 0 aromatic carbocycles. The van der Waals surface area contributed by atoms with Crippen LogP contribution in [-0.4, -0.2) is 25.3 Å². The standard InChI is InChI=1S/C10H18O3/c1-3-4-10(11)13-9-7-12-6-5-8(9)2/h8-9H,3-7H2,1-2H3/t8?,9-/m1/s1. The second-order valence-electron chi connectivity index (χ2n) is 3.62. The van der Waals surface area contributed by atoms with Gasteiger partial charge in [-0.2, -0.15) is 0 Å². The molecule has 1 aliphatic rings. The molecule has 0 aromatic rings. The highest BCUT2D eigenvalue weighted by Crippen LogP contribution is 2.18. The van der Waals surface area contributed by atoms with Gasteiger partial charge in [-0.05, 0) is 18.8 Å². The van der Waals surface area contributed by atoms with Crippen LogP contribution in [0.3, 0.4) is 0 Å². The Kier molecular flexibility index (Phi) is 4.22. The van der Waals surface area contributed by atoms with E-state index in [4.69, 9.17) is 9.47 Å². The van der Waals surface area contributed by atoms with Crippen molar-refractivity contribution in [2.45, 2.75) is 39.2 Å². The first kappa shape index (κ1) is 10.5. The van der Waals surface area contributed by atoms with Gasteiger partial charge in [-0.25, -0.2) is 0 Å². The number of hydrogen-bond donors (Lipinski definition) is 0. The molecule has 1 aliphatic heterocycles. The molecule has 0 bridgehead atoms. The maximum Gasteiger partial charge on any atom is 0.306 e. The van der Waals surface area contributed by atoms with Gasteiger partial charge in [0.25, 0.3) is 0 Å². The maximum atomic E-state index is 11.2. The lowest BCUT2D eigenvalue weighted by Crippen LogP contribution is -2.34. The maximum absolute atomic E-state index is 11.2. The van der Waals surface area contributed by atoms with Crippen molar-refractivity contribution in [3.05, 3.63) is 0 Å². The van der Waals surface area contributed by atoms with Gasteiger partial charge in [0.1, 0.15) is 6.10 Å². The van der Waals surface area contributed by atoms with Crippen molar-refractivity contribution in [1.82, 2.24) is 0 Å². The molecule has 3 nitrogen and oxygen atoms in total. The van der Waals surface area contributed by atoms with Crippen molar-refractivity contribution >= 4 is 5.97 Å². The fourth-order valence-corrected chi connectivity index (χ4v) is 1.40. The Morgan fingerprint density at radius 3 is 3.00 bits per heavy atom. The summed E-state index contributed by atoms with van der Waals surface area (Å²) in [5.74, 6) is 0.347. The van der Waals surface area contributed by atoms with E-state index in [0.717, 1.165) is 19.4 Å². The molecule has 2 atom stereocenters. The van der Waals surface area contributed by atoms with Crippen LogP contribution in [0.25, 0.3) is 0 Å². The Bertz CT molecular complexity index is 168. The first-order valence-electron chi connectivity index (χ1n) is 5.01. The summed E-state index contributed by atoms with van der Waals surface area (Å²) >= 11 is 0. The molecule has 0 N–H and O–H groups in total. The SMILES string of the molecule is CCCC(=O)O[C@@H]1COCCC1C. The lowest BCUT2D eigenvalue weighted by Gasteiger charge is -2.28.